The van der Waals surface area contributed by atoms with Crippen molar-refractivity contribution in [1.29, 1.82) is 0 Å². The Kier molecular flexibility index (Phi) is 9.19. The van der Waals surface area contributed by atoms with Gasteiger partial charge in [-0.3, -0.25) is 4.79 Å². The molecule has 2 N–H and O–H groups in total. The fraction of sp³-hybridized carbons (Fsp3) is 0.240. The standard InChI is InChI=1S/C25H26N4O5S/c1-4-33-22-12-19(7-10-21(22)34-14-18-5-8-20(9-6-18)24(31)32)13-26-29-23(30)15-35-25-27-16(2)11-17(3)28-25/h5-13H,4,14-15H2,1-3H3,(H,29,30)(H,31,32)/b26-13-. The van der Waals surface area contributed by atoms with Crippen molar-refractivity contribution in [2.45, 2.75) is 32.5 Å². The van der Waals surface area contributed by atoms with E-state index in [1.807, 2.05) is 26.8 Å². The predicted molar refractivity (Wildman–Crippen MR) is 133 cm³/mol. The molecule has 3 aromatic rings. The van der Waals surface area contributed by atoms with Crippen molar-refractivity contribution in [2.75, 3.05) is 12.4 Å². The van der Waals surface area contributed by atoms with Gasteiger partial charge >= 0.3 is 5.97 Å². The van der Waals surface area contributed by atoms with Crippen LogP contribution in [0, 0.1) is 13.8 Å². The number of thioether (sulfide) groups is 1. The molecule has 0 saturated heterocycles. The van der Waals surface area contributed by atoms with Gasteiger partial charge in [0.25, 0.3) is 5.91 Å². The smallest absolute Gasteiger partial charge is 0.335 e. The highest BCUT2D eigenvalue weighted by Gasteiger charge is 2.09. The van der Waals surface area contributed by atoms with Crippen LogP contribution < -0.4 is 14.9 Å². The number of aromatic nitrogens is 2. The minimum Gasteiger partial charge on any atom is -0.490 e. The van der Waals surface area contributed by atoms with Crippen LogP contribution in [0.25, 0.3) is 0 Å². The summed E-state index contributed by atoms with van der Waals surface area (Å²) in [5, 5.41) is 13.6. The van der Waals surface area contributed by atoms with Gasteiger partial charge in [0.15, 0.2) is 16.7 Å². The number of aryl methyl sites for hydroxylation is 2. The summed E-state index contributed by atoms with van der Waals surface area (Å²) < 4.78 is 11.5. The molecule has 10 heteroatoms. The second-order valence-electron chi connectivity index (χ2n) is 7.45. The van der Waals surface area contributed by atoms with Gasteiger partial charge in [-0.2, -0.15) is 5.10 Å². The number of ether oxygens (including phenoxy) is 2. The number of hydrazone groups is 1. The van der Waals surface area contributed by atoms with Gasteiger partial charge in [-0.15, -0.1) is 0 Å². The van der Waals surface area contributed by atoms with Gasteiger partial charge in [0.2, 0.25) is 0 Å². The first-order chi connectivity index (χ1) is 16.8. The van der Waals surface area contributed by atoms with Crippen molar-refractivity contribution in [2.24, 2.45) is 5.10 Å². The van der Waals surface area contributed by atoms with E-state index in [0.29, 0.717) is 23.3 Å². The molecule has 182 valence electrons. The second kappa shape index (κ2) is 12.5. The molecule has 0 atom stereocenters. The summed E-state index contributed by atoms with van der Waals surface area (Å²) in [6.07, 6.45) is 1.52. The summed E-state index contributed by atoms with van der Waals surface area (Å²) in [6, 6.07) is 13.7. The van der Waals surface area contributed by atoms with Gasteiger partial charge in [0.05, 0.1) is 24.1 Å². The molecular formula is C25H26N4O5S. The predicted octanol–water partition coefficient (Wildman–Crippen LogP) is 4.01. The molecule has 0 aliphatic heterocycles. The molecule has 0 spiro atoms. The fourth-order valence-corrected chi connectivity index (χ4v) is 3.74. The molecule has 3 rings (SSSR count). The Morgan fingerprint density at radius 2 is 1.74 bits per heavy atom. The zero-order chi connectivity index (χ0) is 25.2. The lowest BCUT2D eigenvalue weighted by Crippen LogP contribution is -2.19. The normalized spacial score (nSPS) is 10.8. The average molecular weight is 495 g/mol. The summed E-state index contributed by atoms with van der Waals surface area (Å²) in [7, 11) is 0. The van der Waals surface area contributed by atoms with E-state index >= 15 is 0 Å². The van der Waals surface area contributed by atoms with E-state index in [9.17, 15) is 9.59 Å². The zero-order valence-electron chi connectivity index (χ0n) is 19.6. The number of aromatic carboxylic acids is 1. The summed E-state index contributed by atoms with van der Waals surface area (Å²) in [6.45, 7) is 6.33. The van der Waals surface area contributed by atoms with Gasteiger partial charge < -0.3 is 14.6 Å². The largest absolute Gasteiger partial charge is 0.490 e. The van der Waals surface area contributed by atoms with Crippen LogP contribution in [0.2, 0.25) is 0 Å². The second-order valence-corrected chi connectivity index (χ2v) is 8.39. The summed E-state index contributed by atoms with van der Waals surface area (Å²) in [5.74, 6) is -0.0239. The third kappa shape index (κ3) is 8.11. The van der Waals surface area contributed by atoms with Crippen molar-refractivity contribution in [3.63, 3.8) is 0 Å². The Balaban J connectivity index is 1.55. The van der Waals surface area contributed by atoms with Crippen LogP contribution in [0.4, 0.5) is 0 Å². The molecule has 1 heterocycles. The number of nitrogens with zero attached hydrogens (tertiary/aromatic N) is 3. The van der Waals surface area contributed by atoms with Crippen LogP contribution in [0.3, 0.4) is 0 Å². The van der Waals surface area contributed by atoms with Crippen LogP contribution in [0.1, 0.15) is 39.8 Å². The van der Waals surface area contributed by atoms with Gasteiger partial charge in [-0.25, -0.2) is 20.2 Å². The molecule has 0 unspecified atom stereocenters. The molecule has 1 amide bonds. The van der Waals surface area contributed by atoms with Crippen LogP contribution >= 0.6 is 11.8 Å². The maximum atomic E-state index is 12.1. The summed E-state index contributed by atoms with van der Waals surface area (Å²) in [4.78, 5) is 31.7. The molecule has 0 aliphatic carbocycles. The van der Waals surface area contributed by atoms with E-state index in [-0.39, 0.29) is 23.8 Å². The topological polar surface area (TPSA) is 123 Å². The maximum Gasteiger partial charge on any atom is 0.335 e. The Bertz CT molecular complexity index is 1190. The maximum absolute atomic E-state index is 12.1. The number of hydrogen-bond donors (Lipinski definition) is 2. The minimum atomic E-state index is -0.973. The number of rotatable bonds is 11. The molecule has 0 bridgehead atoms. The van der Waals surface area contributed by atoms with Crippen molar-refractivity contribution in [3.05, 3.63) is 76.6 Å². The quantitative estimate of drug-likeness (QED) is 0.177. The number of nitrogens with one attached hydrogen (secondary N) is 1. The van der Waals surface area contributed by atoms with E-state index in [2.05, 4.69) is 20.5 Å². The van der Waals surface area contributed by atoms with Crippen molar-refractivity contribution in [1.82, 2.24) is 15.4 Å². The van der Waals surface area contributed by atoms with Gasteiger partial charge in [-0.1, -0.05) is 23.9 Å². The van der Waals surface area contributed by atoms with Gasteiger partial charge in [0, 0.05) is 11.4 Å². The van der Waals surface area contributed by atoms with E-state index in [0.717, 1.165) is 22.5 Å². The van der Waals surface area contributed by atoms with Crippen LogP contribution in [0.15, 0.2) is 58.8 Å². The lowest BCUT2D eigenvalue weighted by molar-refractivity contribution is -0.118. The summed E-state index contributed by atoms with van der Waals surface area (Å²) in [5.41, 5.74) is 5.97. The number of amides is 1. The Hall–Kier alpha value is -3.92. The molecule has 9 nitrogen and oxygen atoms in total. The van der Waals surface area contributed by atoms with E-state index in [1.165, 1.54) is 30.1 Å². The van der Waals surface area contributed by atoms with E-state index < -0.39 is 5.97 Å². The first-order valence-corrected chi connectivity index (χ1v) is 11.8. The molecule has 0 fully saturated rings. The Morgan fingerprint density at radius 3 is 2.40 bits per heavy atom. The third-order valence-corrected chi connectivity index (χ3v) is 5.41. The van der Waals surface area contributed by atoms with E-state index in [1.54, 1.807) is 30.3 Å². The molecule has 0 radical (unpaired) electrons. The van der Waals surface area contributed by atoms with Crippen molar-refractivity contribution >= 4 is 29.9 Å². The van der Waals surface area contributed by atoms with Gasteiger partial charge in [-0.05, 0) is 68.3 Å². The average Bonchev–Trinajstić information content (AvgIpc) is 2.82. The minimum absolute atomic E-state index is 0.144. The van der Waals surface area contributed by atoms with Crippen molar-refractivity contribution < 1.29 is 24.2 Å². The SMILES string of the molecule is CCOc1cc(/C=N\NC(=O)CSc2nc(C)cc(C)n2)ccc1OCc1ccc(C(=O)O)cc1. The highest BCUT2D eigenvalue weighted by atomic mass is 32.2. The van der Waals surface area contributed by atoms with Crippen LogP contribution in [-0.4, -0.2) is 45.5 Å². The number of carboxylic acids is 1. The van der Waals surface area contributed by atoms with Gasteiger partial charge in [0.1, 0.15) is 6.61 Å². The first kappa shape index (κ1) is 25.7. The monoisotopic (exact) mass is 494 g/mol. The molecule has 1 aromatic heterocycles. The number of carboxylic acid groups (broad SMARTS) is 1. The number of hydrogen-bond acceptors (Lipinski definition) is 8. The fourth-order valence-electron chi connectivity index (χ4n) is 3.00. The molecule has 35 heavy (non-hydrogen) atoms. The molecule has 0 saturated carbocycles. The van der Waals surface area contributed by atoms with Crippen LogP contribution in [0.5, 0.6) is 11.5 Å². The lowest BCUT2D eigenvalue weighted by atomic mass is 10.1. The van der Waals surface area contributed by atoms with Crippen LogP contribution in [-0.2, 0) is 11.4 Å². The Morgan fingerprint density at radius 1 is 1.03 bits per heavy atom. The number of benzene rings is 2. The highest BCUT2D eigenvalue weighted by Crippen LogP contribution is 2.29. The third-order valence-electron chi connectivity index (χ3n) is 4.56. The molecular weight excluding hydrogens is 468 g/mol. The number of carbonyl (C=O) groups excluding carboxylic acids is 1. The molecule has 2 aromatic carbocycles. The first-order valence-electron chi connectivity index (χ1n) is 10.8. The highest BCUT2D eigenvalue weighted by molar-refractivity contribution is 7.99. The lowest BCUT2D eigenvalue weighted by Gasteiger charge is -2.12. The number of carbonyl (C=O) groups is 2. The summed E-state index contributed by atoms with van der Waals surface area (Å²) >= 11 is 1.25. The molecule has 0 aliphatic rings. The zero-order valence-corrected chi connectivity index (χ0v) is 20.5. The Labute approximate surface area is 207 Å². The van der Waals surface area contributed by atoms with E-state index in [4.69, 9.17) is 14.6 Å². The van der Waals surface area contributed by atoms with Crippen molar-refractivity contribution in [3.8, 4) is 11.5 Å².